The molecule has 1 fully saturated rings. The van der Waals surface area contributed by atoms with Gasteiger partial charge in [-0.15, -0.1) is 5.10 Å². The van der Waals surface area contributed by atoms with Gasteiger partial charge in [0.05, 0.1) is 35.8 Å². The Kier molecular flexibility index (Phi) is 7.20. The van der Waals surface area contributed by atoms with Crippen LogP contribution < -0.4 is 5.32 Å². The Labute approximate surface area is 227 Å². The number of aromatic nitrogens is 5. The molecule has 0 saturated carbocycles. The fraction of sp³-hybridized carbons (Fsp3) is 0.444. The second-order valence-corrected chi connectivity index (χ2v) is 11.5. The van der Waals surface area contributed by atoms with E-state index in [4.69, 9.17) is 43.1 Å². The monoisotopic (exact) mass is 541 g/mol. The lowest BCUT2D eigenvalue weighted by molar-refractivity contribution is 0.0343. The predicted molar refractivity (Wildman–Crippen MR) is 148 cm³/mol. The first-order chi connectivity index (χ1) is 17.6. The number of imidazole rings is 1. The Morgan fingerprint density at radius 2 is 1.76 bits per heavy atom. The van der Waals surface area contributed by atoms with Crippen LogP contribution in [0, 0.1) is 13.8 Å². The van der Waals surface area contributed by atoms with Gasteiger partial charge in [0, 0.05) is 47.7 Å². The maximum atomic E-state index is 6.54. The third-order valence-electron chi connectivity index (χ3n) is 6.55. The van der Waals surface area contributed by atoms with Crippen LogP contribution in [0.25, 0.3) is 5.65 Å². The Balaban J connectivity index is 1.60. The van der Waals surface area contributed by atoms with Crippen LogP contribution in [0.5, 0.6) is 0 Å². The summed E-state index contributed by atoms with van der Waals surface area (Å²) in [5.41, 5.74) is 5.63. The molecular weight excluding hydrogens is 509 g/mol. The number of fused-ring (bicyclic) bond motifs is 1. The van der Waals surface area contributed by atoms with Crippen molar-refractivity contribution in [1.29, 1.82) is 0 Å². The van der Waals surface area contributed by atoms with Crippen molar-refractivity contribution in [1.82, 2.24) is 29.3 Å². The van der Waals surface area contributed by atoms with Crippen molar-refractivity contribution in [3.8, 4) is 0 Å². The van der Waals surface area contributed by atoms with Crippen LogP contribution in [0.3, 0.4) is 0 Å². The highest BCUT2D eigenvalue weighted by molar-refractivity contribution is 6.35. The van der Waals surface area contributed by atoms with Crippen molar-refractivity contribution >= 4 is 40.5 Å². The highest BCUT2D eigenvalue weighted by atomic mass is 35.5. The standard InChI is InChI=1S/C27H33Cl2N7O/c1-17-12-25(36(32-17)27(3,4)5)31-24-14-20(16-34-8-10-37-11-9-34)26-30-18(2)23(35(26)33-24)13-19-6-7-21(28)15-22(19)29/h6-7,12,14-15H,8-11,13,16H2,1-5H3,(H,31,33). The summed E-state index contributed by atoms with van der Waals surface area (Å²) in [5.74, 6) is 1.63. The zero-order valence-electron chi connectivity index (χ0n) is 22.0. The minimum absolute atomic E-state index is 0.181. The van der Waals surface area contributed by atoms with Crippen molar-refractivity contribution in [3.05, 3.63) is 68.6 Å². The van der Waals surface area contributed by atoms with Crippen LogP contribution >= 0.6 is 23.2 Å². The van der Waals surface area contributed by atoms with E-state index in [0.29, 0.717) is 16.5 Å². The fourth-order valence-electron chi connectivity index (χ4n) is 4.69. The van der Waals surface area contributed by atoms with Crippen molar-refractivity contribution < 1.29 is 4.74 Å². The normalized spacial score (nSPS) is 15.0. The molecule has 5 rings (SSSR count). The average molecular weight is 543 g/mol. The van der Waals surface area contributed by atoms with Gasteiger partial charge in [0.15, 0.2) is 11.5 Å². The first-order valence-corrected chi connectivity index (χ1v) is 13.3. The van der Waals surface area contributed by atoms with Gasteiger partial charge >= 0.3 is 0 Å². The van der Waals surface area contributed by atoms with Crippen LogP contribution in [0.15, 0.2) is 30.3 Å². The SMILES string of the molecule is Cc1cc(Nc2cc(CN3CCOCC3)c3nc(C)c(Cc4ccc(Cl)cc4Cl)n3n2)n(C(C)(C)C)n1. The Hall–Kier alpha value is -2.65. The third kappa shape index (κ3) is 5.62. The number of nitrogens with one attached hydrogen (secondary N) is 1. The van der Waals surface area contributed by atoms with E-state index in [0.717, 1.165) is 78.3 Å². The zero-order chi connectivity index (χ0) is 26.3. The van der Waals surface area contributed by atoms with Gasteiger partial charge in [0.1, 0.15) is 5.82 Å². The minimum atomic E-state index is -0.181. The molecule has 0 radical (unpaired) electrons. The van der Waals surface area contributed by atoms with E-state index < -0.39 is 0 Å². The third-order valence-corrected chi connectivity index (χ3v) is 7.13. The number of morpholine rings is 1. The van der Waals surface area contributed by atoms with Crippen molar-refractivity contribution in [3.63, 3.8) is 0 Å². The predicted octanol–water partition coefficient (Wildman–Crippen LogP) is 5.77. The van der Waals surface area contributed by atoms with Gasteiger partial charge in [-0.1, -0.05) is 29.3 Å². The second-order valence-electron chi connectivity index (χ2n) is 10.6. The lowest BCUT2D eigenvalue weighted by Crippen LogP contribution is -2.35. The second kappa shape index (κ2) is 10.3. The van der Waals surface area contributed by atoms with Crippen LogP contribution in [0.1, 0.15) is 49.0 Å². The zero-order valence-corrected chi connectivity index (χ0v) is 23.5. The molecule has 0 aliphatic carbocycles. The molecule has 0 atom stereocenters. The number of rotatable bonds is 6. The van der Waals surface area contributed by atoms with Crippen LogP contribution in [-0.4, -0.2) is 55.6 Å². The molecule has 3 aromatic heterocycles. The topological polar surface area (TPSA) is 72.5 Å². The number of benzene rings is 1. The quantitative estimate of drug-likeness (QED) is 0.334. The maximum Gasteiger partial charge on any atom is 0.158 e. The molecule has 4 heterocycles. The Morgan fingerprint density at radius 3 is 2.46 bits per heavy atom. The van der Waals surface area contributed by atoms with Crippen molar-refractivity contribution in [2.75, 3.05) is 31.6 Å². The lowest BCUT2D eigenvalue weighted by Gasteiger charge is -2.27. The first-order valence-electron chi connectivity index (χ1n) is 12.5. The number of anilines is 2. The Bertz CT molecular complexity index is 1430. The maximum absolute atomic E-state index is 6.54. The molecule has 0 spiro atoms. The molecule has 8 nitrogen and oxygen atoms in total. The van der Waals surface area contributed by atoms with E-state index in [1.165, 1.54) is 0 Å². The van der Waals surface area contributed by atoms with Crippen LogP contribution in [0.4, 0.5) is 11.6 Å². The summed E-state index contributed by atoms with van der Waals surface area (Å²) in [4.78, 5) is 7.35. The molecule has 0 bridgehead atoms. The van der Waals surface area contributed by atoms with Gasteiger partial charge in [-0.3, -0.25) is 4.90 Å². The fourth-order valence-corrected chi connectivity index (χ4v) is 5.17. The van der Waals surface area contributed by atoms with E-state index in [-0.39, 0.29) is 5.54 Å². The lowest BCUT2D eigenvalue weighted by atomic mass is 10.1. The number of nitrogens with zero attached hydrogens (tertiary/aromatic N) is 6. The number of hydrogen-bond acceptors (Lipinski definition) is 6. The minimum Gasteiger partial charge on any atom is -0.379 e. The van der Waals surface area contributed by atoms with E-state index in [1.807, 2.05) is 41.2 Å². The molecule has 4 aromatic rings. The number of ether oxygens (including phenoxy) is 1. The van der Waals surface area contributed by atoms with Gasteiger partial charge in [0.25, 0.3) is 0 Å². The molecule has 10 heteroatoms. The van der Waals surface area contributed by atoms with E-state index in [1.54, 1.807) is 6.07 Å². The van der Waals surface area contributed by atoms with Crippen molar-refractivity contribution in [2.45, 2.75) is 53.1 Å². The van der Waals surface area contributed by atoms with E-state index >= 15 is 0 Å². The molecule has 1 aliphatic heterocycles. The smallest absolute Gasteiger partial charge is 0.158 e. The summed E-state index contributed by atoms with van der Waals surface area (Å²) in [6.45, 7) is 14.5. The summed E-state index contributed by atoms with van der Waals surface area (Å²) in [5, 5.41) is 14.5. The highest BCUT2D eigenvalue weighted by Crippen LogP contribution is 2.28. The highest BCUT2D eigenvalue weighted by Gasteiger charge is 2.22. The molecule has 37 heavy (non-hydrogen) atoms. The van der Waals surface area contributed by atoms with Gasteiger partial charge in [-0.05, 0) is 58.4 Å². The summed E-state index contributed by atoms with van der Waals surface area (Å²) in [6.07, 6.45) is 0.593. The number of hydrogen-bond donors (Lipinski definition) is 1. The van der Waals surface area contributed by atoms with Crippen molar-refractivity contribution in [2.24, 2.45) is 0 Å². The molecule has 1 saturated heterocycles. The largest absolute Gasteiger partial charge is 0.379 e. The molecule has 196 valence electrons. The van der Waals surface area contributed by atoms with E-state index in [9.17, 15) is 0 Å². The molecule has 0 unspecified atom stereocenters. The summed E-state index contributed by atoms with van der Waals surface area (Å²) in [6, 6.07) is 9.75. The summed E-state index contributed by atoms with van der Waals surface area (Å²) < 4.78 is 9.53. The molecule has 1 aliphatic rings. The molecular formula is C27H33Cl2N7O. The van der Waals surface area contributed by atoms with Crippen LogP contribution in [0.2, 0.25) is 10.0 Å². The van der Waals surface area contributed by atoms with Gasteiger partial charge < -0.3 is 10.1 Å². The number of halogens is 2. The average Bonchev–Trinajstić information content (AvgIpc) is 3.36. The first kappa shape index (κ1) is 26.0. The van der Waals surface area contributed by atoms with Gasteiger partial charge in [0.2, 0.25) is 0 Å². The summed E-state index contributed by atoms with van der Waals surface area (Å²) in [7, 11) is 0. The molecule has 1 N–H and O–H groups in total. The summed E-state index contributed by atoms with van der Waals surface area (Å²) >= 11 is 12.7. The Morgan fingerprint density at radius 1 is 1.00 bits per heavy atom. The number of aryl methyl sites for hydroxylation is 2. The van der Waals surface area contributed by atoms with Crippen LogP contribution in [-0.2, 0) is 23.2 Å². The molecule has 0 amide bonds. The van der Waals surface area contributed by atoms with Gasteiger partial charge in [-0.2, -0.15) is 5.10 Å². The molecule has 1 aromatic carbocycles. The van der Waals surface area contributed by atoms with E-state index in [2.05, 4.69) is 37.1 Å². The van der Waals surface area contributed by atoms with Gasteiger partial charge in [-0.25, -0.2) is 14.2 Å².